The van der Waals surface area contributed by atoms with E-state index in [9.17, 15) is 14.9 Å². The van der Waals surface area contributed by atoms with Crippen molar-refractivity contribution in [3.05, 3.63) is 51.0 Å². The standard InChI is InChI=1S/C18H20ClN3O5/c1-5-27-17-9-12(15(22(24)25)10-16(17)26-4)18(23)20-13-8-11(19)6-7-14(13)21(2)3/h6-10H,5H2,1-4H3,(H,20,23). The average Bonchev–Trinajstić information content (AvgIpc) is 2.61. The van der Waals surface area contributed by atoms with Crippen molar-refractivity contribution in [2.24, 2.45) is 0 Å². The number of methoxy groups -OCH3 is 1. The molecular formula is C18H20ClN3O5. The van der Waals surface area contributed by atoms with E-state index in [1.807, 2.05) is 14.1 Å². The summed E-state index contributed by atoms with van der Waals surface area (Å²) in [6, 6.07) is 7.48. The largest absolute Gasteiger partial charge is 0.493 e. The van der Waals surface area contributed by atoms with Gasteiger partial charge in [-0.05, 0) is 25.1 Å². The number of carbonyl (C=O) groups is 1. The van der Waals surface area contributed by atoms with E-state index >= 15 is 0 Å². The minimum atomic E-state index is -0.657. The Morgan fingerprint density at radius 3 is 2.52 bits per heavy atom. The fourth-order valence-corrected chi connectivity index (χ4v) is 2.67. The summed E-state index contributed by atoms with van der Waals surface area (Å²) in [5.74, 6) is -0.234. The predicted octanol–water partition coefficient (Wildman–Crippen LogP) is 3.97. The van der Waals surface area contributed by atoms with Crippen LogP contribution in [0.1, 0.15) is 17.3 Å². The Labute approximate surface area is 161 Å². The summed E-state index contributed by atoms with van der Waals surface area (Å²) >= 11 is 6.02. The molecule has 2 aromatic carbocycles. The van der Waals surface area contributed by atoms with Crippen molar-refractivity contribution in [3.8, 4) is 11.5 Å². The highest BCUT2D eigenvalue weighted by Gasteiger charge is 2.25. The Bertz CT molecular complexity index is 870. The number of nitro benzene ring substituents is 1. The Morgan fingerprint density at radius 2 is 1.96 bits per heavy atom. The molecule has 0 spiro atoms. The Morgan fingerprint density at radius 1 is 1.26 bits per heavy atom. The van der Waals surface area contributed by atoms with Gasteiger partial charge in [-0.3, -0.25) is 14.9 Å². The lowest BCUT2D eigenvalue weighted by molar-refractivity contribution is -0.385. The van der Waals surface area contributed by atoms with E-state index in [1.54, 1.807) is 30.0 Å². The minimum Gasteiger partial charge on any atom is -0.493 e. The van der Waals surface area contributed by atoms with E-state index in [0.717, 1.165) is 0 Å². The zero-order valence-corrected chi connectivity index (χ0v) is 16.2. The SMILES string of the molecule is CCOc1cc(C(=O)Nc2cc(Cl)ccc2N(C)C)c([N+](=O)[O-])cc1OC. The molecule has 0 heterocycles. The first kappa shape index (κ1) is 20.3. The van der Waals surface area contributed by atoms with E-state index in [1.165, 1.54) is 19.2 Å². The molecule has 0 saturated heterocycles. The summed E-state index contributed by atoms with van der Waals surface area (Å²) in [6.45, 7) is 2.07. The van der Waals surface area contributed by atoms with Crippen molar-refractivity contribution in [3.63, 3.8) is 0 Å². The molecular weight excluding hydrogens is 374 g/mol. The maximum atomic E-state index is 12.8. The second kappa shape index (κ2) is 8.59. The number of nitrogens with one attached hydrogen (secondary N) is 1. The maximum absolute atomic E-state index is 12.8. The van der Waals surface area contributed by atoms with Gasteiger partial charge in [-0.25, -0.2) is 0 Å². The van der Waals surface area contributed by atoms with Crippen LogP contribution in [0.2, 0.25) is 5.02 Å². The van der Waals surface area contributed by atoms with Crippen molar-refractivity contribution >= 4 is 34.6 Å². The monoisotopic (exact) mass is 393 g/mol. The van der Waals surface area contributed by atoms with Gasteiger partial charge < -0.3 is 19.7 Å². The van der Waals surface area contributed by atoms with Crippen molar-refractivity contribution in [2.75, 3.05) is 38.0 Å². The number of ether oxygens (including phenoxy) is 2. The number of rotatable bonds is 7. The Balaban J connectivity index is 2.51. The second-order valence-corrected chi connectivity index (χ2v) is 6.16. The topological polar surface area (TPSA) is 93.9 Å². The fourth-order valence-electron chi connectivity index (χ4n) is 2.50. The lowest BCUT2D eigenvalue weighted by Crippen LogP contribution is -2.18. The zero-order chi connectivity index (χ0) is 20.1. The molecule has 1 N–H and O–H groups in total. The molecule has 0 aliphatic rings. The smallest absolute Gasteiger partial charge is 0.286 e. The lowest BCUT2D eigenvalue weighted by Gasteiger charge is -2.18. The van der Waals surface area contributed by atoms with Gasteiger partial charge in [-0.1, -0.05) is 11.6 Å². The molecule has 0 unspecified atom stereocenters. The first-order valence-corrected chi connectivity index (χ1v) is 8.43. The minimum absolute atomic E-state index is 0.145. The number of hydrogen-bond acceptors (Lipinski definition) is 6. The molecule has 0 aliphatic heterocycles. The highest BCUT2D eigenvalue weighted by Crippen LogP contribution is 2.36. The van der Waals surface area contributed by atoms with E-state index in [2.05, 4.69) is 5.32 Å². The van der Waals surface area contributed by atoms with Crippen molar-refractivity contribution in [1.82, 2.24) is 0 Å². The van der Waals surface area contributed by atoms with Crippen LogP contribution in [-0.4, -0.2) is 38.6 Å². The molecule has 0 fully saturated rings. The van der Waals surface area contributed by atoms with Crippen LogP contribution in [0.25, 0.3) is 0 Å². The van der Waals surface area contributed by atoms with Crippen molar-refractivity contribution in [1.29, 1.82) is 0 Å². The maximum Gasteiger partial charge on any atom is 0.286 e. The third-order valence-corrected chi connectivity index (χ3v) is 3.95. The number of amides is 1. The summed E-state index contributed by atoms with van der Waals surface area (Å²) < 4.78 is 10.6. The van der Waals surface area contributed by atoms with Gasteiger partial charge in [0.2, 0.25) is 0 Å². The van der Waals surface area contributed by atoms with Crippen LogP contribution in [0.4, 0.5) is 17.1 Å². The third-order valence-electron chi connectivity index (χ3n) is 3.71. The second-order valence-electron chi connectivity index (χ2n) is 5.72. The van der Waals surface area contributed by atoms with Crippen LogP contribution < -0.4 is 19.7 Å². The summed E-state index contributed by atoms with van der Waals surface area (Å²) in [5.41, 5.74) is 0.602. The lowest BCUT2D eigenvalue weighted by atomic mass is 10.1. The normalized spacial score (nSPS) is 10.3. The highest BCUT2D eigenvalue weighted by atomic mass is 35.5. The van der Waals surface area contributed by atoms with Crippen LogP contribution in [0.15, 0.2) is 30.3 Å². The van der Waals surface area contributed by atoms with Crippen molar-refractivity contribution in [2.45, 2.75) is 6.92 Å². The van der Waals surface area contributed by atoms with Gasteiger partial charge in [-0.2, -0.15) is 0 Å². The summed E-state index contributed by atoms with van der Waals surface area (Å²) in [7, 11) is 4.99. The molecule has 0 radical (unpaired) electrons. The Kier molecular flexibility index (Phi) is 6.46. The number of carbonyl (C=O) groups excluding carboxylic acids is 1. The number of hydrogen-bond donors (Lipinski definition) is 1. The fraction of sp³-hybridized carbons (Fsp3) is 0.278. The molecule has 144 valence electrons. The van der Waals surface area contributed by atoms with Crippen LogP contribution in [0.3, 0.4) is 0 Å². The van der Waals surface area contributed by atoms with Gasteiger partial charge in [0.1, 0.15) is 5.56 Å². The summed E-state index contributed by atoms with van der Waals surface area (Å²) in [4.78, 5) is 25.4. The zero-order valence-electron chi connectivity index (χ0n) is 15.4. The predicted molar refractivity (Wildman–Crippen MR) is 105 cm³/mol. The quantitative estimate of drug-likeness (QED) is 0.565. The molecule has 9 heteroatoms. The molecule has 1 amide bonds. The molecule has 2 rings (SSSR count). The average molecular weight is 394 g/mol. The number of anilines is 2. The number of halogens is 1. The van der Waals surface area contributed by atoms with Gasteiger partial charge in [0.05, 0.1) is 36.1 Å². The number of nitrogens with zero attached hydrogens (tertiary/aromatic N) is 2. The van der Waals surface area contributed by atoms with Gasteiger partial charge in [0.15, 0.2) is 11.5 Å². The number of benzene rings is 2. The van der Waals surface area contributed by atoms with Crippen LogP contribution in [-0.2, 0) is 0 Å². The highest BCUT2D eigenvalue weighted by molar-refractivity contribution is 6.31. The summed E-state index contributed by atoms with van der Waals surface area (Å²) in [6.07, 6.45) is 0. The molecule has 0 saturated carbocycles. The molecule has 27 heavy (non-hydrogen) atoms. The van der Waals surface area contributed by atoms with Gasteiger partial charge in [-0.15, -0.1) is 0 Å². The Hall–Kier alpha value is -3.00. The van der Waals surface area contributed by atoms with Crippen molar-refractivity contribution < 1.29 is 19.2 Å². The van der Waals surface area contributed by atoms with Crippen LogP contribution in [0.5, 0.6) is 11.5 Å². The van der Waals surface area contributed by atoms with Crippen LogP contribution >= 0.6 is 11.6 Å². The van der Waals surface area contributed by atoms with Crippen LogP contribution in [0, 0.1) is 10.1 Å². The van der Waals surface area contributed by atoms with E-state index in [4.69, 9.17) is 21.1 Å². The van der Waals surface area contributed by atoms with E-state index in [0.29, 0.717) is 23.0 Å². The third kappa shape index (κ3) is 4.59. The molecule has 0 aromatic heterocycles. The van der Waals surface area contributed by atoms with E-state index < -0.39 is 10.8 Å². The van der Waals surface area contributed by atoms with Gasteiger partial charge >= 0.3 is 0 Å². The van der Waals surface area contributed by atoms with E-state index in [-0.39, 0.29) is 22.7 Å². The first-order chi connectivity index (χ1) is 12.8. The molecule has 0 aliphatic carbocycles. The molecule has 0 bridgehead atoms. The molecule has 2 aromatic rings. The summed E-state index contributed by atoms with van der Waals surface area (Å²) in [5, 5.41) is 14.6. The van der Waals surface area contributed by atoms with Gasteiger partial charge in [0, 0.05) is 25.2 Å². The first-order valence-electron chi connectivity index (χ1n) is 8.05. The molecule has 8 nitrogen and oxygen atoms in total. The number of nitro groups is 1. The molecule has 0 atom stereocenters. The van der Waals surface area contributed by atoms with Gasteiger partial charge in [0.25, 0.3) is 11.6 Å².